The van der Waals surface area contributed by atoms with E-state index in [2.05, 4.69) is 10.3 Å². The number of rotatable bonds is 7. The van der Waals surface area contributed by atoms with Crippen LogP contribution in [0.4, 0.5) is 5.69 Å². The molecule has 1 amide bonds. The summed E-state index contributed by atoms with van der Waals surface area (Å²) in [5.74, 6) is 0.372. The predicted molar refractivity (Wildman–Crippen MR) is 129 cm³/mol. The van der Waals surface area contributed by atoms with Gasteiger partial charge in [-0.3, -0.25) is 19.0 Å². The summed E-state index contributed by atoms with van der Waals surface area (Å²) < 4.78 is 7.18. The average molecular weight is 453 g/mol. The van der Waals surface area contributed by atoms with E-state index in [9.17, 15) is 14.4 Å². The van der Waals surface area contributed by atoms with E-state index in [-0.39, 0.29) is 23.9 Å². The van der Waals surface area contributed by atoms with Crippen molar-refractivity contribution < 1.29 is 14.3 Å². The smallest absolute Gasteiger partial charge is 0.311 e. The van der Waals surface area contributed by atoms with E-state index in [0.717, 1.165) is 12.8 Å². The van der Waals surface area contributed by atoms with Crippen LogP contribution in [0.15, 0.2) is 83.7 Å². The molecule has 1 aromatic heterocycles. The number of aromatic nitrogens is 2. The summed E-state index contributed by atoms with van der Waals surface area (Å²) in [6.45, 7) is 0. The minimum absolute atomic E-state index is 0.0513. The number of nitrogens with one attached hydrogen (secondary N) is 1. The first-order chi connectivity index (χ1) is 16.6. The lowest BCUT2D eigenvalue weighted by atomic mass is 10.2. The Hall–Kier alpha value is -4.26. The molecule has 0 bridgehead atoms. The van der Waals surface area contributed by atoms with E-state index in [1.54, 1.807) is 59.2 Å². The van der Waals surface area contributed by atoms with Crippen LogP contribution in [-0.4, -0.2) is 21.4 Å². The summed E-state index contributed by atoms with van der Waals surface area (Å²) in [5, 5.41) is 3.41. The molecule has 1 N–H and O–H groups in total. The van der Waals surface area contributed by atoms with Crippen molar-refractivity contribution >= 4 is 28.5 Å². The van der Waals surface area contributed by atoms with Gasteiger partial charge in [0.15, 0.2) is 0 Å². The van der Waals surface area contributed by atoms with Crippen molar-refractivity contribution in [3.05, 3.63) is 101 Å². The molecule has 34 heavy (non-hydrogen) atoms. The van der Waals surface area contributed by atoms with Gasteiger partial charge in [0.1, 0.15) is 11.6 Å². The van der Waals surface area contributed by atoms with Crippen molar-refractivity contribution in [2.75, 3.05) is 5.32 Å². The first kappa shape index (κ1) is 21.6. The number of aryl methyl sites for hydroxylation is 1. The van der Waals surface area contributed by atoms with Gasteiger partial charge in [-0.2, -0.15) is 0 Å². The number of nitrogens with zero attached hydrogens (tertiary/aromatic N) is 2. The topological polar surface area (TPSA) is 90.3 Å². The quantitative estimate of drug-likeness (QED) is 0.328. The highest BCUT2D eigenvalue weighted by Crippen LogP contribution is 2.35. The molecule has 7 nitrogen and oxygen atoms in total. The third kappa shape index (κ3) is 4.73. The average Bonchev–Trinajstić information content (AvgIpc) is 3.70. The first-order valence-corrected chi connectivity index (χ1v) is 11.3. The third-order valence-electron chi connectivity index (χ3n) is 5.73. The van der Waals surface area contributed by atoms with E-state index in [1.165, 1.54) is 0 Å². The molecule has 4 aromatic rings. The summed E-state index contributed by atoms with van der Waals surface area (Å²) in [4.78, 5) is 42.3. The van der Waals surface area contributed by atoms with E-state index >= 15 is 0 Å². The zero-order valence-electron chi connectivity index (χ0n) is 18.4. The van der Waals surface area contributed by atoms with Crippen LogP contribution in [0.1, 0.15) is 41.5 Å². The predicted octanol–water partition coefficient (Wildman–Crippen LogP) is 4.52. The Labute approximate surface area is 196 Å². The number of hydrogen-bond acceptors (Lipinski definition) is 5. The lowest BCUT2D eigenvalue weighted by molar-refractivity contribution is -0.134. The number of carbonyl (C=O) groups excluding carboxylic acids is 2. The van der Waals surface area contributed by atoms with Crippen LogP contribution < -0.4 is 15.6 Å². The molecule has 1 aliphatic carbocycles. The lowest BCUT2D eigenvalue weighted by Crippen LogP contribution is -2.25. The van der Waals surface area contributed by atoms with E-state index < -0.39 is 5.97 Å². The molecule has 0 saturated heterocycles. The highest BCUT2D eigenvalue weighted by molar-refractivity contribution is 6.04. The summed E-state index contributed by atoms with van der Waals surface area (Å²) in [7, 11) is 0. The lowest BCUT2D eigenvalue weighted by Gasteiger charge is -2.12. The molecule has 3 aromatic carbocycles. The third-order valence-corrected chi connectivity index (χ3v) is 5.73. The zero-order chi connectivity index (χ0) is 23.5. The minimum atomic E-state index is -0.411. The van der Waals surface area contributed by atoms with Crippen LogP contribution in [0.2, 0.25) is 0 Å². The van der Waals surface area contributed by atoms with Gasteiger partial charge in [0.25, 0.3) is 11.5 Å². The van der Waals surface area contributed by atoms with Gasteiger partial charge < -0.3 is 10.1 Å². The highest BCUT2D eigenvalue weighted by Gasteiger charge is 2.28. The number of hydrogen-bond donors (Lipinski definition) is 1. The largest absolute Gasteiger partial charge is 0.427 e. The molecule has 1 fully saturated rings. The molecule has 0 unspecified atom stereocenters. The number of para-hydroxylation sites is 1. The Morgan fingerprint density at radius 2 is 1.65 bits per heavy atom. The molecular formula is C27H23N3O4. The van der Waals surface area contributed by atoms with E-state index in [1.807, 2.05) is 24.3 Å². The minimum Gasteiger partial charge on any atom is -0.427 e. The molecule has 1 saturated carbocycles. The van der Waals surface area contributed by atoms with Crippen LogP contribution in [0.25, 0.3) is 10.9 Å². The number of carbonyl (C=O) groups is 2. The summed E-state index contributed by atoms with van der Waals surface area (Å²) in [6.07, 6.45) is 2.32. The maximum absolute atomic E-state index is 12.9. The number of benzene rings is 3. The Morgan fingerprint density at radius 3 is 2.38 bits per heavy atom. The highest BCUT2D eigenvalue weighted by atomic mass is 16.5. The Morgan fingerprint density at radius 1 is 0.941 bits per heavy atom. The standard InChI is InChI=1S/C27H23N3O4/c31-25(34-21-14-10-19(11-15-21)28-26(32)18-6-2-1-3-7-18)17-16-24-29-23-9-5-4-8-22(23)27(33)30(24)20-12-13-20/h1-11,14-15,20H,12-13,16-17H2,(H,28,32). The van der Waals surface area contributed by atoms with Crippen molar-refractivity contribution in [2.45, 2.75) is 31.7 Å². The number of ether oxygens (including phenoxy) is 1. The van der Waals surface area contributed by atoms with Crippen LogP contribution in [0.5, 0.6) is 5.75 Å². The Kier molecular flexibility index (Phi) is 5.91. The fraction of sp³-hybridized carbons (Fsp3) is 0.185. The van der Waals surface area contributed by atoms with Crippen molar-refractivity contribution in [1.29, 1.82) is 0 Å². The van der Waals surface area contributed by atoms with Crippen LogP contribution in [0, 0.1) is 0 Å². The van der Waals surface area contributed by atoms with Crippen molar-refractivity contribution in [3.63, 3.8) is 0 Å². The van der Waals surface area contributed by atoms with Crippen LogP contribution in [0.3, 0.4) is 0 Å². The normalized spacial score (nSPS) is 12.9. The fourth-order valence-corrected chi connectivity index (χ4v) is 3.87. The molecule has 170 valence electrons. The van der Waals surface area contributed by atoms with Crippen molar-refractivity contribution in [1.82, 2.24) is 9.55 Å². The summed E-state index contributed by atoms with van der Waals surface area (Å²) in [5.41, 5.74) is 1.75. The first-order valence-electron chi connectivity index (χ1n) is 11.3. The maximum atomic E-state index is 12.9. The SMILES string of the molecule is O=C(CCc1nc2ccccc2c(=O)n1C1CC1)Oc1ccc(NC(=O)c2ccccc2)cc1. The molecule has 1 aliphatic rings. The van der Waals surface area contributed by atoms with Crippen molar-refractivity contribution in [3.8, 4) is 5.75 Å². The second-order valence-electron chi connectivity index (χ2n) is 8.27. The molecule has 0 spiro atoms. The Bertz CT molecular complexity index is 1410. The van der Waals surface area contributed by atoms with E-state index in [0.29, 0.717) is 40.1 Å². The molecule has 7 heteroatoms. The van der Waals surface area contributed by atoms with Crippen LogP contribution in [-0.2, 0) is 11.2 Å². The zero-order valence-corrected chi connectivity index (χ0v) is 18.4. The second-order valence-corrected chi connectivity index (χ2v) is 8.27. The van der Waals surface area contributed by atoms with Gasteiger partial charge in [0.2, 0.25) is 0 Å². The van der Waals surface area contributed by atoms with Gasteiger partial charge in [0, 0.05) is 23.7 Å². The van der Waals surface area contributed by atoms with Gasteiger partial charge in [0.05, 0.1) is 17.3 Å². The van der Waals surface area contributed by atoms with Crippen molar-refractivity contribution in [2.24, 2.45) is 0 Å². The second kappa shape index (κ2) is 9.31. The molecule has 0 aliphatic heterocycles. The monoisotopic (exact) mass is 453 g/mol. The summed E-state index contributed by atoms with van der Waals surface area (Å²) in [6, 6.07) is 23.0. The molecule has 5 rings (SSSR count). The molecular weight excluding hydrogens is 430 g/mol. The molecule has 1 heterocycles. The fourth-order valence-electron chi connectivity index (χ4n) is 3.87. The molecule has 0 atom stereocenters. The van der Waals surface area contributed by atoms with Gasteiger partial charge in [-0.1, -0.05) is 30.3 Å². The number of amides is 1. The maximum Gasteiger partial charge on any atom is 0.311 e. The Balaban J connectivity index is 1.22. The van der Waals surface area contributed by atoms with Gasteiger partial charge in [-0.15, -0.1) is 0 Å². The van der Waals surface area contributed by atoms with E-state index in [4.69, 9.17) is 4.74 Å². The van der Waals surface area contributed by atoms with Crippen LogP contribution >= 0.6 is 0 Å². The number of esters is 1. The summed E-state index contributed by atoms with van der Waals surface area (Å²) >= 11 is 0. The van der Waals surface area contributed by atoms with Gasteiger partial charge >= 0.3 is 5.97 Å². The number of anilines is 1. The number of fused-ring (bicyclic) bond motifs is 1. The van der Waals surface area contributed by atoms with Gasteiger partial charge in [-0.05, 0) is 61.4 Å². The molecule has 0 radical (unpaired) electrons. The van der Waals surface area contributed by atoms with Gasteiger partial charge in [-0.25, -0.2) is 4.98 Å².